The number of fused-ring (bicyclic) bond motifs is 1. The largest absolute Gasteiger partial charge is 0.493 e. The summed E-state index contributed by atoms with van der Waals surface area (Å²) in [7, 11) is 1.66. The van der Waals surface area contributed by atoms with E-state index < -0.39 is 0 Å². The van der Waals surface area contributed by atoms with Gasteiger partial charge in [-0.3, -0.25) is 4.79 Å². The van der Waals surface area contributed by atoms with Gasteiger partial charge < -0.3 is 14.8 Å². The first-order valence-corrected chi connectivity index (χ1v) is 9.35. The van der Waals surface area contributed by atoms with E-state index in [0.717, 1.165) is 24.3 Å². The molecule has 1 aromatic rings. The fourth-order valence-corrected chi connectivity index (χ4v) is 3.87. The summed E-state index contributed by atoms with van der Waals surface area (Å²) in [6.45, 7) is 0.586. The van der Waals surface area contributed by atoms with Crippen LogP contribution in [0, 0.1) is 5.92 Å². The van der Waals surface area contributed by atoms with E-state index in [2.05, 4.69) is 11.4 Å². The van der Waals surface area contributed by atoms with Crippen LogP contribution in [0.5, 0.6) is 11.5 Å². The highest BCUT2D eigenvalue weighted by Crippen LogP contribution is 2.36. The molecule has 1 amide bonds. The van der Waals surface area contributed by atoms with Gasteiger partial charge in [0, 0.05) is 6.42 Å². The predicted octanol–water partition coefficient (Wildman–Crippen LogP) is 3.87. The Balaban J connectivity index is 1.47. The fraction of sp³-hybridized carbons (Fsp3) is 0.650. The summed E-state index contributed by atoms with van der Waals surface area (Å²) in [5.74, 6) is 2.37. The standard InChI is InChI=1S/C20H29NO3/c1-23-18-10-6-9-16-11-12-17(24-20(16)18)14-21-19(22)13-15-7-4-2-3-5-8-15/h6,9-10,15,17H,2-5,7-8,11-14H2,1H3,(H,21,22). The normalized spacial score (nSPS) is 21.3. The lowest BCUT2D eigenvalue weighted by molar-refractivity contribution is -0.122. The van der Waals surface area contributed by atoms with E-state index in [0.29, 0.717) is 18.9 Å². The van der Waals surface area contributed by atoms with Crippen molar-refractivity contribution in [2.24, 2.45) is 5.92 Å². The molecule has 24 heavy (non-hydrogen) atoms. The van der Waals surface area contributed by atoms with Crippen LogP contribution in [0.2, 0.25) is 0 Å². The van der Waals surface area contributed by atoms with Gasteiger partial charge >= 0.3 is 0 Å². The van der Waals surface area contributed by atoms with E-state index >= 15 is 0 Å². The Morgan fingerprint density at radius 2 is 2.00 bits per heavy atom. The lowest BCUT2D eigenvalue weighted by Gasteiger charge is -2.27. The number of hydrogen-bond donors (Lipinski definition) is 1. The quantitative estimate of drug-likeness (QED) is 0.833. The number of rotatable bonds is 5. The molecule has 1 aromatic carbocycles. The number of ether oxygens (including phenoxy) is 2. The molecule has 132 valence electrons. The Bertz CT molecular complexity index is 536. The SMILES string of the molecule is COc1cccc2c1OC(CNC(=O)CC1CCCCCC1)CC2. The van der Waals surface area contributed by atoms with Crippen LogP contribution >= 0.6 is 0 Å². The van der Waals surface area contributed by atoms with E-state index in [4.69, 9.17) is 9.47 Å². The predicted molar refractivity (Wildman–Crippen MR) is 94.5 cm³/mol. The zero-order valence-electron chi connectivity index (χ0n) is 14.7. The maximum Gasteiger partial charge on any atom is 0.220 e. The van der Waals surface area contributed by atoms with Crippen LogP contribution in [0.4, 0.5) is 0 Å². The Hall–Kier alpha value is -1.71. The molecule has 0 aromatic heterocycles. The molecule has 3 rings (SSSR count). The zero-order chi connectivity index (χ0) is 16.8. The number of methoxy groups -OCH3 is 1. The molecular formula is C20H29NO3. The van der Waals surface area contributed by atoms with Gasteiger partial charge in [0.15, 0.2) is 11.5 Å². The molecule has 1 saturated carbocycles. The highest BCUT2D eigenvalue weighted by Gasteiger charge is 2.23. The summed E-state index contributed by atoms with van der Waals surface area (Å²) in [5.41, 5.74) is 1.19. The third kappa shape index (κ3) is 4.43. The average Bonchev–Trinajstić information content (AvgIpc) is 2.88. The molecule has 0 radical (unpaired) electrons. The van der Waals surface area contributed by atoms with Crippen molar-refractivity contribution in [3.8, 4) is 11.5 Å². The molecule has 0 bridgehead atoms. The molecular weight excluding hydrogens is 302 g/mol. The molecule has 0 saturated heterocycles. The minimum Gasteiger partial charge on any atom is -0.493 e. The number of carbonyl (C=O) groups is 1. The lowest BCUT2D eigenvalue weighted by Crippen LogP contribution is -2.38. The molecule has 1 fully saturated rings. The van der Waals surface area contributed by atoms with E-state index in [1.807, 2.05) is 12.1 Å². The fourth-order valence-electron chi connectivity index (χ4n) is 3.87. The van der Waals surface area contributed by atoms with Gasteiger partial charge in [-0.25, -0.2) is 0 Å². The summed E-state index contributed by atoms with van der Waals surface area (Å²) in [6.07, 6.45) is 10.2. The van der Waals surface area contributed by atoms with E-state index in [1.165, 1.54) is 44.1 Å². The highest BCUT2D eigenvalue weighted by molar-refractivity contribution is 5.76. The van der Waals surface area contributed by atoms with Gasteiger partial charge in [-0.15, -0.1) is 0 Å². The Morgan fingerprint density at radius 1 is 1.21 bits per heavy atom. The van der Waals surface area contributed by atoms with Crippen LogP contribution in [0.1, 0.15) is 56.9 Å². The second kappa shape index (κ2) is 8.41. The van der Waals surface area contributed by atoms with Crippen LogP contribution in [0.3, 0.4) is 0 Å². The molecule has 1 atom stereocenters. The van der Waals surface area contributed by atoms with Gasteiger partial charge in [0.05, 0.1) is 13.7 Å². The van der Waals surface area contributed by atoms with Gasteiger partial charge in [-0.05, 0) is 43.2 Å². The zero-order valence-corrected chi connectivity index (χ0v) is 14.7. The topological polar surface area (TPSA) is 47.6 Å². The van der Waals surface area contributed by atoms with Crippen molar-refractivity contribution in [3.63, 3.8) is 0 Å². The second-order valence-electron chi connectivity index (χ2n) is 7.09. The molecule has 1 heterocycles. The van der Waals surface area contributed by atoms with Gasteiger partial charge in [-0.2, -0.15) is 0 Å². The highest BCUT2D eigenvalue weighted by atomic mass is 16.5. The van der Waals surface area contributed by atoms with Crippen LogP contribution in [0.15, 0.2) is 18.2 Å². The van der Waals surface area contributed by atoms with Crippen molar-refractivity contribution in [2.75, 3.05) is 13.7 Å². The third-order valence-corrected chi connectivity index (χ3v) is 5.28. The van der Waals surface area contributed by atoms with Gasteiger partial charge in [-0.1, -0.05) is 37.8 Å². The number of hydrogen-bond acceptors (Lipinski definition) is 3. The Labute approximate surface area is 144 Å². The van der Waals surface area contributed by atoms with Crippen molar-refractivity contribution in [1.29, 1.82) is 0 Å². The summed E-state index contributed by atoms with van der Waals surface area (Å²) in [5, 5.41) is 3.08. The summed E-state index contributed by atoms with van der Waals surface area (Å²) >= 11 is 0. The van der Waals surface area contributed by atoms with E-state index in [-0.39, 0.29) is 12.0 Å². The first-order valence-electron chi connectivity index (χ1n) is 9.35. The number of aryl methyl sites for hydroxylation is 1. The van der Waals surface area contributed by atoms with Gasteiger partial charge in [0.25, 0.3) is 0 Å². The minimum atomic E-state index is 0.0342. The molecule has 4 heteroatoms. The van der Waals surface area contributed by atoms with Crippen LogP contribution in [-0.4, -0.2) is 25.7 Å². The van der Waals surface area contributed by atoms with Crippen LogP contribution < -0.4 is 14.8 Å². The average molecular weight is 331 g/mol. The molecule has 1 unspecified atom stereocenters. The number of amides is 1. The van der Waals surface area contributed by atoms with Crippen molar-refractivity contribution in [1.82, 2.24) is 5.32 Å². The minimum absolute atomic E-state index is 0.0342. The van der Waals surface area contributed by atoms with Crippen molar-refractivity contribution in [2.45, 2.75) is 63.9 Å². The van der Waals surface area contributed by atoms with Crippen molar-refractivity contribution < 1.29 is 14.3 Å². The molecule has 1 N–H and O–H groups in total. The summed E-state index contributed by atoms with van der Waals surface area (Å²) < 4.78 is 11.5. The van der Waals surface area contributed by atoms with E-state index in [9.17, 15) is 4.79 Å². The van der Waals surface area contributed by atoms with Crippen molar-refractivity contribution in [3.05, 3.63) is 23.8 Å². The Morgan fingerprint density at radius 3 is 2.75 bits per heavy atom. The maximum atomic E-state index is 12.2. The maximum absolute atomic E-state index is 12.2. The first-order chi connectivity index (χ1) is 11.8. The molecule has 0 spiro atoms. The molecule has 4 nitrogen and oxygen atoms in total. The monoisotopic (exact) mass is 331 g/mol. The van der Waals surface area contributed by atoms with E-state index in [1.54, 1.807) is 7.11 Å². The number of benzene rings is 1. The second-order valence-corrected chi connectivity index (χ2v) is 7.09. The summed E-state index contributed by atoms with van der Waals surface area (Å²) in [6, 6.07) is 6.00. The van der Waals surface area contributed by atoms with Crippen molar-refractivity contribution >= 4 is 5.91 Å². The molecule has 1 aliphatic carbocycles. The Kier molecular flexibility index (Phi) is 6.00. The number of para-hydroxylation sites is 1. The number of nitrogens with one attached hydrogen (secondary N) is 1. The molecule has 1 aliphatic heterocycles. The first kappa shape index (κ1) is 17.1. The smallest absolute Gasteiger partial charge is 0.220 e. The summed E-state index contributed by atoms with van der Waals surface area (Å²) in [4.78, 5) is 12.2. The van der Waals surface area contributed by atoms with Crippen LogP contribution in [-0.2, 0) is 11.2 Å². The van der Waals surface area contributed by atoms with Gasteiger partial charge in [0.1, 0.15) is 6.10 Å². The number of carbonyl (C=O) groups excluding carboxylic acids is 1. The molecule has 2 aliphatic rings. The third-order valence-electron chi connectivity index (χ3n) is 5.28. The van der Waals surface area contributed by atoms with Gasteiger partial charge in [0.2, 0.25) is 5.91 Å². The lowest BCUT2D eigenvalue weighted by atomic mass is 9.96. The van der Waals surface area contributed by atoms with Crippen LogP contribution in [0.25, 0.3) is 0 Å².